The molecule has 4 nitrogen and oxygen atoms in total. The monoisotopic (exact) mass is 299 g/mol. The summed E-state index contributed by atoms with van der Waals surface area (Å²) < 4.78 is 28.0. The minimum absolute atomic E-state index is 0.323. The van der Waals surface area contributed by atoms with Crippen LogP contribution in [0, 0.1) is 27.7 Å². The van der Waals surface area contributed by atoms with E-state index in [1.165, 1.54) is 0 Å². The van der Waals surface area contributed by atoms with Crippen LogP contribution in [0.4, 0.5) is 0 Å². The molecular weight excluding hydrogens is 274 g/mol. The summed E-state index contributed by atoms with van der Waals surface area (Å²) in [4.78, 5) is 0.323. The Kier molecular flexibility index (Phi) is 4.69. The second-order valence-corrected chi connectivity index (χ2v) is 7.71. The maximum atomic E-state index is 12.7. The number of benzene rings is 1. The molecule has 1 aromatic rings. The van der Waals surface area contributed by atoms with E-state index in [-0.39, 0.29) is 0 Å². The molecule has 5 heteroatoms. The number of nitrogens with one attached hydrogen (secondary N) is 1. The molecule has 0 aliphatic heterocycles. The Morgan fingerprint density at radius 1 is 1.10 bits per heavy atom. The molecule has 0 bridgehead atoms. The number of hydrogen-bond donors (Lipinski definition) is 2. The summed E-state index contributed by atoms with van der Waals surface area (Å²) in [6, 6.07) is 1.99. The van der Waals surface area contributed by atoms with E-state index in [1.54, 1.807) is 20.8 Å². The van der Waals surface area contributed by atoms with E-state index in [1.807, 2.05) is 33.8 Å². The first-order chi connectivity index (χ1) is 8.90. The van der Waals surface area contributed by atoms with Gasteiger partial charge in [0.15, 0.2) is 0 Å². The van der Waals surface area contributed by atoms with Gasteiger partial charge in [0.2, 0.25) is 10.0 Å². The van der Waals surface area contributed by atoms with Crippen LogP contribution in [-0.4, -0.2) is 25.2 Å². The fourth-order valence-corrected chi connectivity index (χ4v) is 4.16. The van der Waals surface area contributed by atoms with Crippen molar-refractivity contribution in [2.45, 2.75) is 65.0 Å². The van der Waals surface area contributed by atoms with Crippen molar-refractivity contribution in [1.29, 1.82) is 0 Å². The Bertz CT molecular complexity index is 590. The highest BCUT2D eigenvalue weighted by Crippen LogP contribution is 2.27. The van der Waals surface area contributed by atoms with Crippen LogP contribution in [0.25, 0.3) is 0 Å². The first-order valence-corrected chi connectivity index (χ1v) is 8.18. The SMILES string of the molecule is Cc1cc(C)c(C)c(S(=O)(=O)NC(C)(C)C(C)O)c1C. The van der Waals surface area contributed by atoms with Crippen molar-refractivity contribution in [3.05, 3.63) is 28.3 Å². The van der Waals surface area contributed by atoms with Gasteiger partial charge in [0.25, 0.3) is 0 Å². The molecule has 20 heavy (non-hydrogen) atoms. The summed E-state index contributed by atoms with van der Waals surface area (Å²) in [6.45, 7) is 12.3. The molecule has 114 valence electrons. The third kappa shape index (κ3) is 3.22. The Hall–Kier alpha value is -0.910. The largest absolute Gasteiger partial charge is 0.391 e. The van der Waals surface area contributed by atoms with Gasteiger partial charge in [-0.3, -0.25) is 0 Å². The van der Waals surface area contributed by atoms with E-state index in [0.29, 0.717) is 4.90 Å². The number of rotatable bonds is 4. The molecule has 0 radical (unpaired) electrons. The zero-order valence-corrected chi connectivity index (χ0v) is 14.1. The second-order valence-electron chi connectivity index (χ2n) is 6.09. The normalized spacial score (nSPS) is 14.4. The molecule has 1 atom stereocenters. The zero-order chi connectivity index (χ0) is 15.9. The van der Waals surface area contributed by atoms with Gasteiger partial charge >= 0.3 is 0 Å². The predicted octanol–water partition coefficient (Wildman–Crippen LogP) is 2.36. The highest BCUT2D eigenvalue weighted by atomic mass is 32.2. The van der Waals surface area contributed by atoms with Crippen molar-refractivity contribution in [2.24, 2.45) is 0 Å². The average molecular weight is 299 g/mol. The van der Waals surface area contributed by atoms with Crippen LogP contribution in [0.3, 0.4) is 0 Å². The highest BCUT2D eigenvalue weighted by molar-refractivity contribution is 7.89. The summed E-state index contributed by atoms with van der Waals surface area (Å²) >= 11 is 0. The molecule has 1 unspecified atom stereocenters. The van der Waals surface area contributed by atoms with Gasteiger partial charge < -0.3 is 5.11 Å². The molecule has 2 N–H and O–H groups in total. The molecule has 0 spiro atoms. The number of sulfonamides is 1. The van der Waals surface area contributed by atoms with E-state index >= 15 is 0 Å². The summed E-state index contributed by atoms with van der Waals surface area (Å²) in [6.07, 6.45) is -0.788. The quantitative estimate of drug-likeness (QED) is 0.897. The van der Waals surface area contributed by atoms with E-state index in [2.05, 4.69) is 4.72 Å². The van der Waals surface area contributed by atoms with Crippen LogP contribution in [-0.2, 0) is 10.0 Å². The predicted molar refractivity (Wildman–Crippen MR) is 81.5 cm³/mol. The van der Waals surface area contributed by atoms with Gasteiger partial charge in [-0.2, -0.15) is 0 Å². The standard InChI is InChI=1S/C15H25NO3S/c1-9-8-10(2)12(4)14(11(9)3)20(18,19)16-15(6,7)13(5)17/h8,13,16-17H,1-7H3. The summed E-state index contributed by atoms with van der Waals surface area (Å²) in [5, 5.41) is 9.71. The summed E-state index contributed by atoms with van der Waals surface area (Å²) in [7, 11) is -3.68. The second kappa shape index (κ2) is 5.47. The molecule has 0 aliphatic carbocycles. The Labute approximate surface area is 122 Å². The lowest BCUT2D eigenvalue weighted by Gasteiger charge is -2.30. The first kappa shape index (κ1) is 17.1. The first-order valence-electron chi connectivity index (χ1n) is 6.69. The van der Waals surface area contributed by atoms with Crippen molar-refractivity contribution < 1.29 is 13.5 Å². The van der Waals surface area contributed by atoms with Gasteiger partial charge in [-0.05, 0) is 70.7 Å². The molecule has 0 heterocycles. The molecule has 0 fully saturated rings. The van der Waals surface area contributed by atoms with Crippen molar-refractivity contribution >= 4 is 10.0 Å². The Morgan fingerprint density at radius 2 is 1.50 bits per heavy atom. The van der Waals surface area contributed by atoms with E-state index in [0.717, 1.165) is 22.3 Å². The molecule has 0 amide bonds. The fourth-order valence-electron chi connectivity index (χ4n) is 2.07. The molecule has 0 aromatic heterocycles. The average Bonchev–Trinajstić information content (AvgIpc) is 2.24. The van der Waals surface area contributed by atoms with Crippen LogP contribution >= 0.6 is 0 Å². The van der Waals surface area contributed by atoms with Gasteiger partial charge in [0.05, 0.1) is 16.5 Å². The van der Waals surface area contributed by atoms with E-state index in [9.17, 15) is 13.5 Å². The minimum Gasteiger partial charge on any atom is -0.391 e. The number of aliphatic hydroxyl groups is 1. The number of hydrogen-bond acceptors (Lipinski definition) is 3. The zero-order valence-electron chi connectivity index (χ0n) is 13.3. The van der Waals surface area contributed by atoms with Crippen LogP contribution in [0.1, 0.15) is 43.0 Å². The van der Waals surface area contributed by atoms with Gasteiger partial charge in [-0.1, -0.05) is 6.07 Å². The van der Waals surface area contributed by atoms with Gasteiger partial charge in [-0.15, -0.1) is 0 Å². The lowest BCUT2D eigenvalue weighted by Crippen LogP contribution is -2.51. The molecule has 1 aromatic carbocycles. The maximum absolute atomic E-state index is 12.7. The third-order valence-corrected chi connectivity index (χ3v) is 5.95. The molecule has 1 rings (SSSR count). The van der Waals surface area contributed by atoms with Crippen LogP contribution in [0.2, 0.25) is 0 Å². The molecule has 0 saturated heterocycles. The maximum Gasteiger partial charge on any atom is 0.241 e. The lowest BCUT2D eigenvalue weighted by molar-refractivity contribution is 0.111. The molecule has 0 aliphatic rings. The van der Waals surface area contributed by atoms with Gasteiger partial charge in [0, 0.05) is 0 Å². The molecular formula is C15H25NO3S. The summed E-state index contributed by atoms with van der Waals surface area (Å²) in [5.41, 5.74) is 2.48. The van der Waals surface area contributed by atoms with Crippen molar-refractivity contribution in [3.63, 3.8) is 0 Å². The van der Waals surface area contributed by atoms with Crippen molar-refractivity contribution in [1.82, 2.24) is 4.72 Å². The topological polar surface area (TPSA) is 66.4 Å². The Morgan fingerprint density at radius 3 is 1.85 bits per heavy atom. The van der Waals surface area contributed by atoms with E-state index < -0.39 is 21.7 Å². The lowest BCUT2D eigenvalue weighted by atomic mass is 10.0. The van der Waals surface area contributed by atoms with Crippen molar-refractivity contribution in [3.8, 4) is 0 Å². The minimum atomic E-state index is -3.68. The summed E-state index contributed by atoms with van der Waals surface area (Å²) in [5.74, 6) is 0. The van der Waals surface area contributed by atoms with Crippen LogP contribution in [0.5, 0.6) is 0 Å². The van der Waals surface area contributed by atoms with E-state index in [4.69, 9.17) is 0 Å². The van der Waals surface area contributed by atoms with Gasteiger partial charge in [-0.25, -0.2) is 13.1 Å². The third-order valence-electron chi connectivity index (χ3n) is 4.01. The molecule has 0 saturated carbocycles. The van der Waals surface area contributed by atoms with Crippen molar-refractivity contribution in [2.75, 3.05) is 0 Å². The van der Waals surface area contributed by atoms with Crippen LogP contribution in [0.15, 0.2) is 11.0 Å². The smallest absolute Gasteiger partial charge is 0.241 e. The highest BCUT2D eigenvalue weighted by Gasteiger charge is 2.32. The number of aryl methyl sites for hydroxylation is 2. The fraction of sp³-hybridized carbons (Fsp3) is 0.600. The number of aliphatic hydroxyl groups excluding tert-OH is 1. The van der Waals surface area contributed by atoms with Crippen LogP contribution < -0.4 is 4.72 Å². The van der Waals surface area contributed by atoms with Gasteiger partial charge in [0.1, 0.15) is 0 Å². The Balaban J connectivity index is 3.45.